The number of alkyl halides is 2. The Morgan fingerprint density at radius 3 is 2.54 bits per heavy atom. The lowest BCUT2D eigenvalue weighted by Crippen LogP contribution is -2.30. The average Bonchev–Trinajstić information content (AvgIpc) is 3.14. The van der Waals surface area contributed by atoms with Crippen LogP contribution in [-0.4, -0.2) is 30.5 Å². The molecule has 0 spiro atoms. The van der Waals surface area contributed by atoms with Crippen molar-refractivity contribution >= 4 is 16.9 Å². The van der Waals surface area contributed by atoms with Gasteiger partial charge in [0.05, 0.1) is 23.3 Å². The first-order valence-corrected chi connectivity index (χ1v) is 9.17. The number of aromatic nitrogens is 5. The van der Waals surface area contributed by atoms with Crippen molar-refractivity contribution in [2.75, 3.05) is 0 Å². The van der Waals surface area contributed by atoms with Crippen molar-refractivity contribution in [2.45, 2.75) is 60.2 Å². The van der Waals surface area contributed by atoms with Gasteiger partial charge in [0.2, 0.25) is 5.91 Å². The maximum atomic E-state index is 13.4. The summed E-state index contributed by atoms with van der Waals surface area (Å²) in [5, 5.41) is 11.8. The Hall–Kier alpha value is -2.84. The van der Waals surface area contributed by atoms with Crippen LogP contribution in [0.4, 0.5) is 8.78 Å². The molecule has 3 aromatic rings. The number of nitrogens with zero attached hydrogens (tertiary/aromatic N) is 5. The van der Waals surface area contributed by atoms with Gasteiger partial charge >= 0.3 is 0 Å². The molecule has 1 unspecified atom stereocenters. The first kappa shape index (κ1) is 19.9. The summed E-state index contributed by atoms with van der Waals surface area (Å²) in [5.41, 5.74) is 3.01. The van der Waals surface area contributed by atoms with E-state index in [1.807, 2.05) is 25.5 Å². The molecule has 0 aromatic carbocycles. The van der Waals surface area contributed by atoms with E-state index in [0.29, 0.717) is 22.4 Å². The molecule has 1 amide bonds. The SMILES string of the molecule is CCn1ncc(C(C)NC(=O)Cn2nc(C)c3c(C(F)F)cc(C)nc32)c1C. The summed E-state index contributed by atoms with van der Waals surface area (Å²) in [7, 11) is 0. The molecule has 150 valence electrons. The monoisotopic (exact) mass is 390 g/mol. The van der Waals surface area contributed by atoms with Crippen LogP contribution in [0.5, 0.6) is 0 Å². The fraction of sp³-hybridized carbons (Fsp3) is 0.474. The van der Waals surface area contributed by atoms with Crippen molar-refractivity contribution in [1.82, 2.24) is 29.9 Å². The molecule has 9 heteroatoms. The van der Waals surface area contributed by atoms with Crippen LogP contribution in [0.1, 0.15) is 54.5 Å². The molecule has 0 radical (unpaired) electrons. The van der Waals surface area contributed by atoms with Crippen LogP contribution in [0.3, 0.4) is 0 Å². The Morgan fingerprint density at radius 1 is 1.21 bits per heavy atom. The van der Waals surface area contributed by atoms with Crippen molar-refractivity contribution in [3.8, 4) is 0 Å². The number of halogens is 2. The Kier molecular flexibility index (Phi) is 5.44. The molecule has 0 fully saturated rings. The van der Waals surface area contributed by atoms with Gasteiger partial charge in [0, 0.05) is 29.1 Å². The van der Waals surface area contributed by atoms with Gasteiger partial charge in [-0.05, 0) is 40.7 Å². The molecule has 3 aromatic heterocycles. The van der Waals surface area contributed by atoms with Crippen LogP contribution in [0, 0.1) is 20.8 Å². The topological polar surface area (TPSA) is 77.6 Å². The number of nitrogens with one attached hydrogen (secondary N) is 1. The molecule has 1 N–H and O–H groups in total. The van der Waals surface area contributed by atoms with Gasteiger partial charge in [-0.2, -0.15) is 10.2 Å². The number of amides is 1. The molecule has 3 heterocycles. The van der Waals surface area contributed by atoms with Gasteiger partial charge in [-0.15, -0.1) is 0 Å². The third-order valence-electron chi connectivity index (χ3n) is 4.85. The fourth-order valence-electron chi connectivity index (χ4n) is 3.51. The number of rotatable bonds is 6. The summed E-state index contributed by atoms with van der Waals surface area (Å²) in [5.74, 6) is -0.276. The third kappa shape index (κ3) is 3.61. The highest BCUT2D eigenvalue weighted by molar-refractivity contribution is 5.84. The Balaban J connectivity index is 1.84. The summed E-state index contributed by atoms with van der Waals surface area (Å²) in [6, 6.07) is 1.13. The molecule has 0 aliphatic carbocycles. The predicted molar refractivity (Wildman–Crippen MR) is 101 cm³/mol. The number of aryl methyl sites for hydroxylation is 3. The summed E-state index contributed by atoms with van der Waals surface area (Å²) in [6.07, 6.45) is -0.885. The third-order valence-corrected chi connectivity index (χ3v) is 4.85. The molecule has 28 heavy (non-hydrogen) atoms. The summed E-state index contributed by atoms with van der Waals surface area (Å²) in [6.45, 7) is 9.78. The zero-order valence-corrected chi connectivity index (χ0v) is 16.6. The molecular formula is C19H24F2N6O. The van der Waals surface area contributed by atoms with Gasteiger partial charge in [-0.3, -0.25) is 9.48 Å². The molecular weight excluding hydrogens is 366 g/mol. The lowest BCUT2D eigenvalue weighted by Gasteiger charge is -2.14. The van der Waals surface area contributed by atoms with Crippen LogP contribution < -0.4 is 5.32 Å². The van der Waals surface area contributed by atoms with Crippen molar-refractivity contribution < 1.29 is 13.6 Å². The van der Waals surface area contributed by atoms with E-state index in [4.69, 9.17) is 0 Å². The molecule has 0 saturated heterocycles. The Bertz CT molecular complexity index is 1020. The number of fused-ring (bicyclic) bond motifs is 1. The van der Waals surface area contributed by atoms with Crippen LogP contribution in [0.25, 0.3) is 11.0 Å². The van der Waals surface area contributed by atoms with E-state index in [-0.39, 0.29) is 24.1 Å². The zero-order valence-electron chi connectivity index (χ0n) is 16.6. The molecule has 7 nitrogen and oxygen atoms in total. The van der Waals surface area contributed by atoms with Gasteiger partial charge < -0.3 is 5.32 Å². The zero-order chi connectivity index (χ0) is 20.6. The lowest BCUT2D eigenvalue weighted by atomic mass is 10.1. The smallest absolute Gasteiger partial charge is 0.264 e. The van der Waals surface area contributed by atoms with Crippen molar-refractivity contribution in [3.05, 3.63) is 40.5 Å². The maximum absolute atomic E-state index is 13.4. The quantitative estimate of drug-likeness (QED) is 0.700. The van der Waals surface area contributed by atoms with Crippen LogP contribution >= 0.6 is 0 Å². The highest BCUT2D eigenvalue weighted by Crippen LogP contribution is 2.30. The number of carbonyl (C=O) groups excluding carboxylic acids is 1. The normalized spacial score (nSPS) is 12.7. The molecule has 3 rings (SSSR count). The van der Waals surface area contributed by atoms with Crippen molar-refractivity contribution in [2.24, 2.45) is 0 Å². The minimum Gasteiger partial charge on any atom is -0.348 e. The minimum absolute atomic E-state index is 0.102. The van der Waals surface area contributed by atoms with Crippen molar-refractivity contribution in [3.63, 3.8) is 0 Å². The van der Waals surface area contributed by atoms with Gasteiger partial charge in [0.15, 0.2) is 5.65 Å². The minimum atomic E-state index is -2.63. The van der Waals surface area contributed by atoms with E-state index in [1.54, 1.807) is 20.0 Å². The second-order valence-corrected chi connectivity index (χ2v) is 6.89. The Morgan fingerprint density at radius 2 is 1.93 bits per heavy atom. The number of pyridine rings is 1. The summed E-state index contributed by atoms with van der Waals surface area (Å²) in [4.78, 5) is 16.9. The van der Waals surface area contributed by atoms with E-state index >= 15 is 0 Å². The van der Waals surface area contributed by atoms with Gasteiger partial charge in [-0.1, -0.05) is 0 Å². The molecule has 0 aliphatic heterocycles. The number of hydrogen-bond acceptors (Lipinski definition) is 4. The maximum Gasteiger partial charge on any atom is 0.264 e. The number of carbonyl (C=O) groups is 1. The average molecular weight is 390 g/mol. The van der Waals surface area contributed by atoms with E-state index in [9.17, 15) is 13.6 Å². The van der Waals surface area contributed by atoms with Gasteiger partial charge in [0.25, 0.3) is 6.43 Å². The van der Waals surface area contributed by atoms with E-state index < -0.39 is 6.43 Å². The lowest BCUT2D eigenvalue weighted by molar-refractivity contribution is -0.122. The van der Waals surface area contributed by atoms with Crippen LogP contribution in [0.15, 0.2) is 12.3 Å². The molecule has 0 bridgehead atoms. The molecule has 0 aliphatic rings. The second kappa shape index (κ2) is 7.65. The van der Waals surface area contributed by atoms with Crippen molar-refractivity contribution in [1.29, 1.82) is 0 Å². The van der Waals surface area contributed by atoms with Gasteiger partial charge in [-0.25, -0.2) is 18.4 Å². The van der Waals surface area contributed by atoms with Gasteiger partial charge in [0.1, 0.15) is 6.54 Å². The largest absolute Gasteiger partial charge is 0.348 e. The first-order chi connectivity index (χ1) is 13.2. The van der Waals surface area contributed by atoms with Crippen LogP contribution in [0.2, 0.25) is 0 Å². The van der Waals surface area contributed by atoms with E-state index in [2.05, 4.69) is 20.5 Å². The summed E-state index contributed by atoms with van der Waals surface area (Å²) >= 11 is 0. The first-order valence-electron chi connectivity index (χ1n) is 9.17. The van der Waals surface area contributed by atoms with E-state index in [1.165, 1.54) is 10.7 Å². The predicted octanol–water partition coefficient (Wildman–Crippen LogP) is 3.39. The molecule has 0 saturated carbocycles. The Labute approximate surface area is 161 Å². The highest BCUT2D eigenvalue weighted by Gasteiger charge is 2.21. The van der Waals surface area contributed by atoms with Crippen LogP contribution in [-0.2, 0) is 17.9 Å². The highest BCUT2D eigenvalue weighted by atomic mass is 19.3. The van der Waals surface area contributed by atoms with E-state index in [0.717, 1.165) is 17.8 Å². The standard InChI is InChI=1S/C19H24F2N6O/c1-6-26-13(5)15(8-22-26)11(3)24-16(28)9-27-19-17(12(4)25-27)14(18(20)21)7-10(2)23-19/h7-8,11,18H,6,9H2,1-5H3,(H,24,28). The fourth-order valence-corrected chi connectivity index (χ4v) is 3.51. The summed E-state index contributed by atoms with van der Waals surface area (Å²) < 4.78 is 30.1. The molecule has 1 atom stereocenters. The second-order valence-electron chi connectivity index (χ2n) is 6.89. The number of hydrogen-bond donors (Lipinski definition) is 1.